The van der Waals surface area contributed by atoms with E-state index in [-0.39, 0.29) is 17.7 Å². The summed E-state index contributed by atoms with van der Waals surface area (Å²) in [5, 5.41) is 0. The lowest BCUT2D eigenvalue weighted by Crippen LogP contribution is -2.41. The standard InChI is InChI=1S/C21H25N3O4/c25-20(17-4-2-16(3-5-17)19-14-22-15-28-19)23-8-1-9-24(11-10-23)21(26)18-6-12-27-13-7-18/h2-5,14-15,18H,1,6-13H2. The number of aromatic nitrogens is 1. The third-order valence-electron chi connectivity index (χ3n) is 5.51. The summed E-state index contributed by atoms with van der Waals surface area (Å²) >= 11 is 0. The highest BCUT2D eigenvalue weighted by Crippen LogP contribution is 2.21. The SMILES string of the molecule is O=C(c1ccc(-c2cnco2)cc1)N1CCCN(C(=O)C2CCOCC2)CC1. The number of oxazole rings is 1. The average molecular weight is 383 g/mol. The first kappa shape index (κ1) is 18.7. The molecule has 0 aliphatic carbocycles. The van der Waals surface area contributed by atoms with Crippen LogP contribution in [0.2, 0.25) is 0 Å². The van der Waals surface area contributed by atoms with Crippen LogP contribution in [-0.4, -0.2) is 66.0 Å². The number of ether oxygens (including phenoxy) is 1. The summed E-state index contributed by atoms with van der Waals surface area (Å²) < 4.78 is 10.6. The lowest BCUT2D eigenvalue weighted by atomic mass is 9.98. The second-order valence-electron chi connectivity index (χ2n) is 7.30. The Balaban J connectivity index is 1.37. The van der Waals surface area contributed by atoms with Crippen LogP contribution in [0.4, 0.5) is 0 Å². The minimum atomic E-state index is 0.00415. The number of benzene rings is 1. The van der Waals surface area contributed by atoms with E-state index in [1.165, 1.54) is 6.39 Å². The number of rotatable bonds is 3. The molecule has 28 heavy (non-hydrogen) atoms. The highest BCUT2D eigenvalue weighted by atomic mass is 16.5. The van der Waals surface area contributed by atoms with Gasteiger partial charge in [-0.15, -0.1) is 0 Å². The monoisotopic (exact) mass is 383 g/mol. The third kappa shape index (κ3) is 4.09. The fourth-order valence-electron chi connectivity index (χ4n) is 3.86. The van der Waals surface area contributed by atoms with Gasteiger partial charge in [0, 0.05) is 56.4 Å². The van der Waals surface area contributed by atoms with Crippen LogP contribution in [0.1, 0.15) is 29.6 Å². The van der Waals surface area contributed by atoms with Crippen molar-refractivity contribution in [1.82, 2.24) is 14.8 Å². The van der Waals surface area contributed by atoms with Crippen LogP contribution < -0.4 is 0 Å². The molecule has 148 valence electrons. The van der Waals surface area contributed by atoms with E-state index >= 15 is 0 Å². The summed E-state index contributed by atoms with van der Waals surface area (Å²) in [5.74, 6) is 0.967. The van der Waals surface area contributed by atoms with E-state index < -0.39 is 0 Å². The van der Waals surface area contributed by atoms with Crippen molar-refractivity contribution in [1.29, 1.82) is 0 Å². The van der Waals surface area contributed by atoms with Gasteiger partial charge in [0.25, 0.3) is 5.91 Å². The van der Waals surface area contributed by atoms with E-state index in [4.69, 9.17) is 9.15 Å². The molecule has 0 unspecified atom stereocenters. The summed E-state index contributed by atoms with van der Waals surface area (Å²) in [7, 11) is 0. The lowest BCUT2D eigenvalue weighted by Gasteiger charge is -2.28. The quantitative estimate of drug-likeness (QED) is 0.814. The van der Waals surface area contributed by atoms with Crippen molar-refractivity contribution in [3.8, 4) is 11.3 Å². The molecule has 0 N–H and O–H groups in total. The zero-order chi connectivity index (χ0) is 19.3. The largest absolute Gasteiger partial charge is 0.444 e. The molecule has 2 fully saturated rings. The van der Waals surface area contributed by atoms with Gasteiger partial charge in [0.15, 0.2) is 12.2 Å². The van der Waals surface area contributed by atoms with E-state index in [0.717, 1.165) is 24.8 Å². The number of amides is 2. The van der Waals surface area contributed by atoms with Gasteiger partial charge < -0.3 is 19.0 Å². The van der Waals surface area contributed by atoms with Gasteiger partial charge >= 0.3 is 0 Å². The molecule has 1 aromatic carbocycles. The Kier molecular flexibility index (Phi) is 5.71. The van der Waals surface area contributed by atoms with Crippen molar-refractivity contribution >= 4 is 11.8 Å². The predicted molar refractivity (Wildman–Crippen MR) is 103 cm³/mol. The van der Waals surface area contributed by atoms with Crippen LogP contribution in [0.5, 0.6) is 0 Å². The molecule has 0 spiro atoms. The second-order valence-corrected chi connectivity index (χ2v) is 7.30. The normalized spacial score (nSPS) is 18.7. The Morgan fingerprint density at radius 2 is 1.68 bits per heavy atom. The van der Waals surface area contributed by atoms with Gasteiger partial charge in [-0.2, -0.15) is 0 Å². The summed E-state index contributed by atoms with van der Waals surface area (Å²) in [5.41, 5.74) is 1.53. The van der Waals surface area contributed by atoms with Crippen molar-refractivity contribution in [3.63, 3.8) is 0 Å². The van der Waals surface area contributed by atoms with Crippen molar-refractivity contribution in [2.75, 3.05) is 39.4 Å². The van der Waals surface area contributed by atoms with E-state index in [1.54, 1.807) is 6.20 Å². The van der Waals surface area contributed by atoms with Crippen LogP contribution in [0.3, 0.4) is 0 Å². The van der Waals surface area contributed by atoms with Crippen LogP contribution in [0.25, 0.3) is 11.3 Å². The molecule has 1 aromatic heterocycles. The molecule has 3 heterocycles. The first-order valence-corrected chi connectivity index (χ1v) is 9.87. The molecule has 0 saturated carbocycles. The maximum atomic E-state index is 12.9. The van der Waals surface area contributed by atoms with E-state index in [0.29, 0.717) is 50.7 Å². The fraction of sp³-hybridized carbons (Fsp3) is 0.476. The molecular formula is C21H25N3O4. The summed E-state index contributed by atoms with van der Waals surface area (Å²) in [4.78, 5) is 33.3. The summed E-state index contributed by atoms with van der Waals surface area (Å²) in [6, 6.07) is 7.37. The number of hydrogen-bond donors (Lipinski definition) is 0. The molecule has 0 atom stereocenters. The first-order chi connectivity index (χ1) is 13.7. The number of carbonyl (C=O) groups excluding carboxylic acids is 2. The zero-order valence-corrected chi connectivity index (χ0v) is 15.9. The topological polar surface area (TPSA) is 75.9 Å². The number of nitrogens with zero attached hydrogens (tertiary/aromatic N) is 3. The predicted octanol–water partition coefficient (Wildman–Crippen LogP) is 2.44. The Morgan fingerprint density at radius 1 is 0.964 bits per heavy atom. The molecule has 2 aromatic rings. The summed E-state index contributed by atoms with van der Waals surface area (Å²) in [6.45, 7) is 3.87. The van der Waals surface area contributed by atoms with E-state index in [2.05, 4.69) is 4.98 Å². The van der Waals surface area contributed by atoms with Crippen molar-refractivity contribution < 1.29 is 18.7 Å². The molecule has 2 aliphatic rings. The van der Waals surface area contributed by atoms with Crippen LogP contribution in [0.15, 0.2) is 41.3 Å². The molecule has 2 aliphatic heterocycles. The summed E-state index contributed by atoms with van der Waals surface area (Å²) in [6.07, 6.45) is 5.44. The van der Waals surface area contributed by atoms with Gasteiger partial charge in [-0.3, -0.25) is 9.59 Å². The smallest absolute Gasteiger partial charge is 0.253 e. The fourth-order valence-corrected chi connectivity index (χ4v) is 3.86. The highest BCUT2D eigenvalue weighted by Gasteiger charge is 2.28. The lowest BCUT2D eigenvalue weighted by molar-refractivity contribution is -0.138. The molecule has 2 amide bonds. The minimum absolute atomic E-state index is 0.00415. The highest BCUT2D eigenvalue weighted by molar-refractivity contribution is 5.94. The molecular weight excluding hydrogens is 358 g/mol. The Morgan fingerprint density at radius 3 is 2.39 bits per heavy atom. The van der Waals surface area contributed by atoms with Crippen molar-refractivity contribution in [3.05, 3.63) is 42.4 Å². The molecule has 7 heteroatoms. The maximum Gasteiger partial charge on any atom is 0.253 e. The van der Waals surface area contributed by atoms with Gasteiger partial charge in [-0.25, -0.2) is 4.98 Å². The van der Waals surface area contributed by atoms with Gasteiger partial charge in [0.2, 0.25) is 5.91 Å². The Labute approximate surface area is 164 Å². The van der Waals surface area contributed by atoms with Crippen LogP contribution in [-0.2, 0) is 9.53 Å². The third-order valence-corrected chi connectivity index (χ3v) is 5.51. The second kappa shape index (κ2) is 8.56. The van der Waals surface area contributed by atoms with Gasteiger partial charge in [-0.1, -0.05) is 12.1 Å². The molecule has 0 bridgehead atoms. The van der Waals surface area contributed by atoms with Crippen molar-refractivity contribution in [2.45, 2.75) is 19.3 Å². The Bertz CT molecular complexity index is 798. The van der Waals surface area contributed by atoms with Gasteiger partial charge in [-0.05, 0) is 31.4 Å². The minimum Gasteiger partial charge on any atom is -0.444 e. The maximum absolute atomic E-state index is 12.9. The molecule has 0 radical (unpaired) electrons. The molecule has 2 saturated heterocycles. The van der Waals surface area contributed by atoms with Gasteiger partial charge in [0.1, 0.15) is 0 Å². The van der Waals surface area contributed by atoms with Gasteiger partial charge in [0.05, 0.1) is 6.20 Å². The number of hydrogen-bond acceptors (Lipinski definition) is 5. The Hall–Kier alpha value is -2.67. The molecule has 7 nitrogen and oxygen atoms in total. The van der Waals surface area contributed by atoms with Crippen LogP contribution in [0, 0.1) is 5.92 Å². The van der Waals surface area contributed by atoms with E-state index in [1.807, 2.05) is 34.1 Å². The van der Waals surface area contributed by atoms with E-state index in [9.17, 15) is 9.59 Å². The number of carbonyl (C=O) groups is 2. The van der Waals surface area contributed by atoms with Crippen LogP contribution >= 0.6 is 0 Å². The van der Waals surface area contributed by atoms with Crippen molar-refractivity contribution in [2.24, 2.45) is 5.92 Å². The first-order valence-electron chi connectivity index (χ1n) is 9.87. The molecule has 4 rings (SSSR count). The zero-order valence-electron chi connectivity index (χ0n) is 15.9. The average Bonchev–Trinajstić information content (AvgIpc) is 3.18.